The summed E-state index contributed by atoms with van der Waals surface area (Å²) in [5, 5.41) is 0. The SMILES string of the molecule is CN(C)CCCc1ccc(Oc2ncc(Br)cn2)cc1. The molecular formula is C15H18BrN3O. The fourth-order valence-corrected chi connectivity index (χ4v) is 1.99. The molecule has 1 aromatic carbocycles. The first kappa shape index (κ1) is 14.9. The highest BCUT2D eigenvalue weighted by atomic mass is 79.9. The Morgan fingerprint density at radius 3 is 2.35 bits per heavy atom. The molecule has 0 atom stereocenters. The molecule has 0 fully saturated rings. The largest absolute Gasteiger partial charge is 0.424 e. The minimum atomic E-state index is 0.355. The molecule has 0 spiro atoms. The van der Waals surface area contributed by atoms with Gasteiger partial charge in [0.15, 0.2) is 0 Å². The highest BCUT2D eigenvalue weighted by Gasteiger charge is 2.01. The molecule has 0 bridgehead atoms. The summed E-state index contributed by atoms with van der Waals surface area (Å²) in [5.74, 6) is 0.753. The smallest absolute Gasteiger partial charge is 0.321 e. The number of nitrogens with zero attached hydrogens (tertiary/aromatic N) is 3. The van der Waals surface area contributed by atoms with Crippen molar-refractivity contribution in [2.45, 2.75) is 12.8 Å². The van der Waals surface area contributed by atoms with Crippen molar-refractivity contribution in [3.05, 3.63) is 46.7 Å². The Kier molecular flexibility index (Phi) is 5.49. The van der Waals surface area contributed by atoms with Crippen molar-refractivity contribution in [3.8, 4) is 11.8 Å². The molecule has 1 heterocycles. The van der Waals surface area contributed by atoms with Gasteiger partial charge < -0.3 is 9.64 Å². The molecule has 2 aromatic rings. The van der Waals surface area contributed by atoms with Crippen molar-refractivity contribution in [3.63, 3.8) is 0 Å². The number of ether oxygens (including phenoxy) is 1. The number of aromatic nitrogens is 2. The van der Waals surface area contributed by atoms with E-state index in [0.29, 0.717) is 6.01 Å². The monoisotopic (exact) mass is 335 g/mol. The molecule has 5 heteroatoms. The van der Waals surface area contributed by atoms with Gasteiger partial charge in [0, 0.05) is 12.4 Å². The molecule has 4 nitrogen and oxygen atoms in total. The second-order valence-corrected chi connectivity index (χ2v) is 5.75. The van der Waals surface area contributed by atoms with E-state index in [2.05, 4.69) is 57.0 Å². The average molecular weight is 336 g/mol. The quantitative estimate of drug-likeness (QED) is 0.809. The van der Waals surface area contributed by atoms with Gasteiger partial charge in [0.1, 0.15) is 5.75 Å². The number of rotatable bonds is 6. The summed E-state index contributed by atoms with van der Waals surface area (Å²) >= 11 is 3.29. The van der Waals surface area contributed by atoms with Crippen molar-refractivity contribution >= 4 is 15.9 Å². The van der Waals surface area contributed by atoms with Crippen LogP contribution >= 0.6 is 15.9 Å². The summed E-state index contributed by atoms with van der Waals surface area (Å²) in [6, 6.07) is 8.44. The van der Waals surface area contributed by atoms with E-state index in [1.165, 1.54) is 5.56 Å². The summed E-state index contributed by atoms with van der Waals surface area (Å²) < 4.78 is 6.41. The molecule has 0 amide bonds. The minimum absolute atomic E-state index is 0.355. The van der Waals surface area contributed by atoms with Crippen LogP contribution in [0.25, 0.3) is 0 Å². The maximum atomic E-state index is 5.58. The second-order valence-electron chi connectivity index (χ2n) is 4.84. The van der Waals surface area contributed by atoms with Crippen molar-refractivity contribution in [2.24, 2.45) is 0 Å². The fraction of sp³-hybridized carbons (Fsp3) is 0.333. The third-order valence-corrected chi connectivity index (χ3v) is 3.21. The number of hydrogen-bond acceptors (Lipinski definition) is 4. The molecule has 0 aliphatic rings. The van der Waals surface area contributed by atoms with E-state index in [9.17, 15) is 0 Å². The van der Waals surface area contributed by atoms with Crippen LogP contribution in [0.3, 0.4) is 0 Å². The van der Waals surface area contributed by atoms with Gasteiger partial charge in [-0.3, -0.25) is 0 Å². The van der Waals surface area contributed by atoms with Gasteiger partial charge in [-0.2, -0.15) is 0 Å². The Bertz CT molecular complexity index is 526. The number of benzene rings is 1. The standard InChI is InChI=1S/C15H18BrN3O/c1-19(2)9-3-4-12-5-7-14(8-6-12)20-15-17-10-13(16)11-18-15/h5-8,10-11H,3-4,9H2,1-2H3. The normalized spacial score (nSPS) is 10.8. The van der Waals surface area contributed by atoms with Gasteiger partial charge >= 0.3 is 6.01 Å². The van der Waals surface area contributed by atoms with Crippen molar-refractivity contribution in [1.82, 2.24) is 14.9 Å². The van der Waals surface area contributed by atoms with Crippen LogP contribution in [0.4, 0.5) is 0 Å². The predicted octanol–water partition coefficient (Wildman–Crippen LogP) is 3.53. The van der Waals surface area contributed by atoms with Crippen LogP contribution in [-0.4, -0.2) is 35.5 Å². The average Bonchev–Trinajstić information content (AvgIpc) is 2.43. The zero-order valence-corrected chi connectivity index (χ0v) is 13.3. The Labute approximate surface area is 127 Å². The van der Waals surface area contributed by atoms with Gasteiger partial charge in [0.05, 0.1) is 4.47 Å². The molecule has 0 saturated heterocycles. The third-order valence-electron chi connectivity index (χ3n) is 2.80. The molecule has 1 aromatic heterocycles. The molecule has 0 aliphatic heterocycles. The van der Waals surface area contributed by atoms with Crippen molar-refractivity contribution in [1.29, 1.82) is 0 Å². The maximum absolute atomic E-state index is 5.58. The van der Waals surface area contributed by atoms with E-state index in [1.807, 2.05) is 12.1 Å². The van der Waals surface area contributed by atoms with Crippen LogP contribution in [0.1, 0.15) is 12.0 Å². The summed E-state index contributed by atoms with van der Waals surface area (Å²) in [7, 11) is 4.18. The molecule has 20 heavy (non-hydrogen) atoms. The van der Waals surface area contributed by atoms with Crippen LogP contribution in [0.5, 0.6) is 11.8 Å². The maximum Gasteiger partial charge on any atom is 0.321 e. The Balaban J connectivity index is 1.89. The van der Waals surface area contributed by atoms with Gasteiger partial charge in [-0.05, 0) is 67.1 Å². The topological polar surface area (TPSA) is 38.2 Å². The van der Waals surface area contributed by atoms with E-state index in [-0.39, 0.29) is 0 Å². The first-order valence-corrected chi connectivity index (χ1v) is 7.32. The summed E-state index contributed by atoms with van der Waals surface area (Å²) in [5.41, 5.74) is 1.32. The van der Waals surface area contributed by atoms with E-state index in [1.54, 1.807) is 12.4 Å². The van der Waals surface area contributed by atoms with Crippen LogP contribution in [0.2, 0.25) is 0 Å². The van der Waals surface area contributed by atoms with E-state index in [4.69, 9.17) is 4.74 Å². The zero-order chi connectivity index (χ0) is 14.4. The molecule has 0 aliphatic carbocycles. The molecule has 0 radical (unpaired) electrons. The van der Waals surface area contributed by atoms with Crippen LogP contribution < -0.4 is 4.74 Å². The van der Waals surface area contributed by atoms with Gasteiger partial charge in [0.25, 0.3) is 0 Å². The number of aryl methyl sites for hydroxylation is 1. The van der Waals surface area contributed by atoms with E-state index < -0.39 is 0 Å². The molecule has 106 valence electrons. The van der Waals surface area contributed by atoms with Gasteiger partial charge in [0.2, 0.25) is 0 Å². The van der Waals surface area contributed by atoms with Crippen LogP contribution in [0.15, 0.2) is 41.1 Å². The predicted molar refractivity (Wildman–Crippen MR) is 83.1 cm³/mol. The summed E-state index contributed by atoms with van der Waals surface area (Å²) in [6.07, 6.45) is 5.56. The first-order valence-electron chi connectivity index (χ1n) is 6.52. The molecule has 0 unspecified atom stereocenters. The van der Waals surface area contributed by atoms with Gasteiger partial charge in [-0.15, -0.1) is 0 Å². The molecular weight excluding hydrogens is 318 g/mol. The number of halogens is 1. The number of hydrogen-bond donors (Lipinski definition) is 0. The lowest BCUT2D eigenvalue weighted by molar-refractivity contribution is 0.400. The molecule has 0 N–H and O–H groups in total. The lowest BCUT2D eigenvalue weighted by Gasteiger charge is -2.09. The molecule has 2 rings (SSSR count). The van der Waals surface area contributed by atoms with Crippen LogP contribution in [-0.2, 0) is 6.42 Å². The minimum Gasteiger partial charge on any atom is -0.424 e. The zero-order valence-electron chi connectivity index (χ0n) is 11.7. The van der Waals surface area contributed by atoms with E-state index in [0.717, 1.165) is 29.6 Å². The highest BCUT2D eigenvalue weighted by molar-refractivity contribution is 9.10. The lowest BCUT2D eigenvalue weighted by Crippen LogP contribution is -2.13. The van der Waals surface area contributed by atoms with Crippen molar-refractivity contribution in [2.75, 3.05) is 20.6 Å². The lowest BCUT2D eigenvalue weighted by atomic mass is 10.1. The van der Waals surface area contributed by atoms with Crippen molar-refractivity contribution < 1.29 is 4.74 Å². The summed E-state index contributed by atoms with van der Waals surface area (Å²) in [4.78, 5) is 10.4. The third kappa shape index (κ3) is 4.90. The molecule has 0 saturated carbocycles. The Morgan fingerprint density at radius 2 is 1.75 bits per heavy atom. The highest BCUT2D eigenvalue weighted by Crippen LogP contribution is 2.19. The summed E-state index contributed by atoms with van der Waals surface area (Å²) in [6.45, 7) is 1.10. The van der Waals surface area contributed by atoms with E-state index >= 15 is 0 Å². The Morgan fingerprint density at radius 1 is 1.10 bits per heavy atom. The fourth-order valence-electron chi connectivity index (χ4n) is 1.78. The van der Waals surface area contributed by atoms with Gasteiger partial charge in [-0.25, -0.2) is 9.97 Å². The van der Waals surface area contributed by atoms with Gasteiger partial charge in [-0.1, -0.05) is 12.1 Å². The second kappa shape index (κ2) is 7.36. The Hall–Kier alpha value is -1.46. The van der Waals surface area contributed by atoms with Crippen LogP contribution in [0, 0.1) is 0 Å². The first-order chi connectivity index (χ1) is 9.63.